The van der Waals surface area contributed by atoms with E-state index in [1.807, 2.05) is 20.8 Å². The molecule has 0 aliphatic heterocycles. The summed E-state index contributed by atoms with van der Waals surface area (Å²) in [4.78, 5) is 30.1. The molecule has 0 saturated heterocycles. The van der Waals surface area contributed by atoms with Crippen LogP contribution in [0.2, 0.25) is 0 Å². The normalized spacial score (nSPS) is 11.7. The summed E-state index contributed by atoms with van der Waals surface area (Å²) in [6.45, 7) is 9.10. The lowest BCUT2D eigenvalue weighted by molar-refractivity contribution is -0.116. The number of thiazole rings is 1. The molecule has 9 nitrogen and oxygen atoms in total. The number of sulfonamides is 1. The molecule has 2 aromatic rings. The van der Waals surface area contributed by atoms with E-state index >= 15 is 0 Å². The fourth-order valence-electron chi connectivity index (χ4n) is 2.87. The molecule has 0 atom stereocenters. The Morgan fingerprint density at radius 2 is 1.71 bits per heavy atom. The molecule has 2 rings (SSSR count). The van der Waals surface area contributed by atoms with E-state index in [1.54, 1.807) is 5.38 Å². The second kappa shape index (κ2) is 11.3. The van der Waals surface area contributed by atoms with Crippen LogP contribution in [-0.4, -0.2) is 67.1 Å². The van der Waals surface area contributed by atoms with Crippen LogP contribution in [0, 0.1) is 6.92 Å². The summed E-state index contributed by atoms with van der Waals surface area (Å²) >= 11 is 1.29. The van der Waals surface area contributed by atoms with E-state index in [4.69, 9.17) is 0 Å². The van der Waals surface area contributed by atoms with Gasteiger partial charge in [0.1, 0.15) is 0 Å². The maximum atomic E-state index is 13.3. The Morgan fingerprint density at radius 3 is 2.23 bits per heavy atom. The molecule has 0 aliphatic carbocycles. The fraction of sp³-hybridized carbons (Fsp3) is 0.450. The number of hydrogen-bond acceptors (Lipinski definition) is 7. The zero-order chi connectivity index (χ0) is 23.0. The monoisotopic (exact) mass is 467 g/mol. The first-order chi connectivity index (χ1) is 14.6. The molecular weight excluding hydrogens is 438 g/mol. The molecule has 0 fully saturated rings. The molecule has 2 amide bonds. The smallest absolute Gasteiger partial charge is 0.243 e. The number of rotatable bonds is 11. The van der Waals surface area contributed by atoms with E-state index in [-0.39, 0.29) is 23.9 Å². The van der Waals surface area contributed by atoms with Crippen LogP contribution in [-0.2, 0) is 19.6 Å². The first kappa shape index (κ1) is 24.9. The number of benzene rings is 1. The van der Waals surface area contributed by atoms with Crippen molar-refractivity contribution in [2.24, 2.45) is 0 Å². The molecule has 0 spiro atoms. The Kier molecular flexibility index (Phi) is 9.11. The lowest BCUT2D eigenvalue weighted by Crippen LogP contribution is -2.42. The van der Waals surface area contributed by atoms with Gasteiger partial charge >= 0.3 is 0 Å². The number of aryl methyl sites for hydroxylation is 1. The molecule has 0 saturated carbocycles. The van der Waals surface area contributed by atoms with Crippen LogP contribution in [0.25, 0.3) is 0 Å². The molecule has 0 unspecified atom stereocenters. The van der Waals surface area contributed by atoms with Crippen LogP contribution in [0.15, 0.2) is 34.5 Å². The zero-order valence-electron chi connectivity index (χ0n) is 18.2. The molecule has 1 heterocycles. The van der Waals surface area contributed by atoms with Crippen molar-refractivity contribution >= 4 is 44.0 Å². The molecule has 170 valence electrons. The highest BCUT2D eigenvalue weighted by Gasteiger charge is 2.27. The highest BCUT2D eigenvalue weighted by Crippen LogP contribution is 2.19. The van der Waals surface area contributed by atoms with Crippen molar-refractivity contribution in [2.45, 2.75) is 32.6 Å². The largest absolute Gasteiger partial charge is 0.326 e. The average molecular weight is 468 g/mol. The summed E-state index contributed by atoms with van der Waals surface area (Å²) in [6.07, 6.45) is 0. The maximum Gasteiger partial charge on any atom is 0.243 e. The average Bonchev–Trinajstić information content (AvgIpc) is 3.12. The zero-order valence-corrected chi connectivity index (χ0v) is 19.8. The predicted octanol–water partition coefficient (Wildman–Crippen LogP) is 2.38. The molecule has 2 N–H and O–H groups in total. The van der Waals surface area contributed by atoms with Gasteiger partial charge in [0.05, 0.1) is 17.1 Å². The van der Waals surface area contributed by atoms with Gasteiger partial charge in [-0.25, -0.2) is 13.4 Å². The molecule has 1 aromatic carbocycles. The second-order valence-corrected chi connectivity index (χ2v) is 9.71. The number of aromatic nitrogens is 1. The Hall–Kier alpha value is -2.34. The summed E-state index contributed by atoms with van der Waals surface area (Å²) in [5.74, 6) is -0.696. The maximum absolute atomic E-state index is 13.3. The number of nitrogens with one attached hydrogen (secondary N) is 2. The van der Waals surface area contributed by atoms with Gasteiger partial charge in [0.15, 0.2) is 5.13 Å². The SMILES string of the molecule is CCN(CC)CCN(CC(=O)Nc1nc(C)cs1)S(=O)(=O)c1ccc(NC(C)=O)cc1. The van der Waals surface area contributed by atoms with Crippen molar-refractivity contribution in [3.63, 3.8) is 0 Å². The van der Waals surface area contributed by atoms with Crippen molar-refractivity contribution in [1.29, 1.82) is 0 Å². The number of hydrogen-bond donors (Lipinski definition) is 2. The number of amides is 2. The first-order valence-corrected chi connectivity index (χ1v) is 12.3. The minimum Gasteiger partial charge on any atom is -0.326 e. The van der Waals surface area contributed by atoms with Gasteiger partial charge in [0.25, 0.3) is 0 Å². The van der Waals surface area contributed by atoms with Crippen LogP contribution in [0.1, 0.15) is 26.5 Å². The van der Waals surface area contributed by atoms with Gasteiger partial charge in [-0.3, -0.25) is 9.59 Å². The topological polar surface area (TPSA) is 112 Å². The minimum atomic E-state index is -3.92. The van der Waals surface area contributed by atoms with E-state index in [1.165, 1.54) is 46.8 Å². The lowest BCUT2D eigenvalue weighted by Gasteiger charge is -2.25. The first-order valence-electron chi connectivity index (χ1n) is 9.97. The molecular formula is C20H29N5O4S2. The number of carbonyl (C=O) groups is 2. The highest BCUT2D eigenvalue weighted by atomic mass is 32.2. The lowest BCUT2D eigenvalue weighted by atomic mass is 10.3. The van der Waals surface area contributed by atoms with Crippen molar-refractivity contribution in [3.8, 4) is 0 Å². The number of carbonyl (C=O) groups excluding carboxylic acids is 2. The van der Waals surface area contributed by atoms with Crippen LogP contribution >= 0.6 is 11.3 Å². The molecule has 1 aromatic heterocycles. The Morgan fingerprint density at radius 1 is 1.06 bits per heavy atom. The van der Waals surface area contributed by atoms with Gasteiger partial charge in [0, 0.05) is 31.1 Å². The Bertz CT molecular complexity index is 985. The summed E-state index contributed by atoms with van der Waals surface area (Å²) in [5, 5.41) is 7.51. The van der Waals surface area contributed by atoms with E-state index in [0.717, 1.165) is 18.8 Å². The van der Waals surface area contributed by atoms with Crippen molar-refractivity contribution in [2.75, 3.05) is 43.4 Å². The summed E-state index contributed by atoms with van der Waals surface area (Å²) in [6, 6.07) is 5.89. The van der Waals surface area contributed by atoms with E-state index in [0.29, 0.717) is 17.4 Å². The van der Waals surface area contributed by atoms with E-state index in [2.05, 4.69) is 20.5 Å². The minimum absolute atomic E-state index is 0.0547. The van der Waals surface area contributed by atoms with Gasteiger partial charge in [-0.05, 0) is 44.3 Å². The Labute approximate surface area is 187 Å². The molecule has 0 radical (unpaired) electrons. The second-order valence-electron chi connectivity index (χ2n) is 6.91. The van der Waals surface area contributed by atoms with Crippen molar-refractivity contribution < 1.29 is 18.0 Å². The number of likely N-dealkylation sites (N-methyl/N-ethyl adjacent to an activating group) is 1. The predicted molar refractivity (Wildman–Crippen MR) is 123 cm³/mol. The van der Waals surface area contributed by atoms with Gasteiger partial charge < -0.3 is 15.5 Å². The third-order valence-electron chi connectivity index (χ3n) is 4.56. The van der Waals surface area contributed by atoms with Crippen LogP contribution < -0.4 is 10.6 Å². The molecule has 0 aliphatic rings. The van der Waals surface area contributed by atoms with Crippen molar-refractivity contribution in [1.82, 2.24) is 14.2 Å². The van der Waals surface area contributed by atoms with Crippen LogP contribution in [0.3, 0.4) is 0 Å². The fourth-order valence-corrected chi connectivity index (χ4v) is 4.96. The summed E-state index contributed by atoms with van der Waals surface area (Å²) in [5.41, 5.74) is 1.28. The number of nitrogens with zero attached hydrogens (tertiary/aromatic N) is 3. The van der Waals surface area contributed by atoms with E-state index in [9.17, 15) is 18.0 Å². The third-order valence-corrected chi connectivity index (χ3v) is 7.29. The third kappa shape index (κ3) is 7.39. The molecule has 31 heavy (non-hydrogen) atoms. The summed E-state index contributed by atoms with van der Waals surface area (Å²) < 4.78 is 27.7. The Balaban J connectivity index is 2.22. The summed E-state index contributed by atoms with van der Waals surface area (Å²) in [7, 11) is -3.92. The quantitative estimate of drug-likeness (QED) is 0.525. The van der Waals surface area contributed by atoms with Crippen LogP contribution in [0.5, 0.6) is 0 Å². The van der Waals surface area contributed by atoms with Gasteiger partial charge in [-0.1, -0.05) is 13.8 Å². The molecule has 0 bridgehead atoms. The van der Waals surface area contributed by atoms with Gasteiger partial charge in [0.2, 0.25) is 21.8 Å². The standard InChI is InChI=1S/C20H29N5O4S2/c1-5-24(6-2)11-12-25(13-19(27)23-20-21-15(3)14-30-20)31(28,29)18-9-7-17(8-10-18)22-16(4)26/h7-10,14H,5-6,11-13H2,1-4H3,(H,22,26)(H,21,23,27). The highest BCUT2D eigenvalue weighted by molar-refractivity contribution is 7.89. The van der Waals surface area contributed by atoms with Crippen LogP contribution in [0.4, 0.5) is 10.8 Å². The number of anilines is 2. The van der Waals surface area contributed by atoms with Crippen molar-refractivity contribution in [3.05, 3.63) is 35.3 Å². The molecule has 11 heteroatoms. The van der Waals surface area contributed by atoms with E-state index < -0.39 is 15.9 Å². The van der Waals surface area contributed by atoms with Gasteiger partial charge in [-0.2, -0.15) is 4.31 Å². The van der Waals surface area contributed by atoms with Gasteiger partial charge in [-0.15, -0.1) is 11.3 Å².